The number of carbonyl (C=O) groups is 2. The van der Waals surface area contributed by atoms with Crippen LogP contribution in [0.3, 0.4) is 0 Å². The summed E-state index contributed by atoms with van der Waals surface area (Å²) < 4.78 is 5.90. The minimum Gasteiger partial charge on any atom is -0.483 e. The fraction of sp³-hybridized carbons (Fsp3) is 0.414. The third-order valence-electron chi connectivity index (χ3n) is 7.65. The molecule has 0 aliphatic carbocycles. The third kappa shape index (κ3) is 5.16. The van der Waals surface area contributed by atoms with E-state index in [-0.39, 0.29) is 23.8 Å². The number of para-hydroxylation sites is 2. The molecule has 1 spiro atoms. The summed E-state index contributed by atoms with van der Waals surface area (Å²) in [6.07, 6.45) is 5.97. The number of hydrogen-bond donors (Lipinski definition) is 0. The summed E-state index contributed by atoms with van der Waals surface area (Å²) in [6, 6.07) is 19.7. The molecule has 0 N–H and O–H groups in total. The number of aromatic nitrogens is 1. The second kappa shape index (κ2) is 10.1. The minimum absolute atomic E-state index is 0.00128. The molecule has 3 aromatic rings. The molecule has 0 radical (unpaired) electrons. The number of carbonyl (C=O) groups excluding carboxylic acids is 2. The van der Waals surface area contributed by atoms with E-state index in [0.717, 1.165) is 55.2 Å². The molecule has 2 aliphatic rings. The summed E-state index contributed by atoms with van der Waals surface area (Å²) in [4.78, 5) is 34.5. The topological polar surface area (TPSA) is 62.7 Å². The van der Waals surface area contributed by atoms with Gasteiger partial charge in [-0.25, -0.2) is 4.98 Å². The summed E-state index contributed by atoms with van der Waals surface area (Å²) in [5, 5.41) is 1.04. The maximum Gasteiger partial charge on any atom is 0.272 e. The van der Waals surface area contributed by atoms with Crippen LogP contribution < -0.4 is 4.74 Å². The average Bonchev–Trinajstić information content (AvgIpc) is 2.89. The number of nitrogens with zero attached hydrogens (tertiary/aromatic N) is 3. The van der Waals surface area contributed by atoms with E-state index in [4.69, 9.17) is 4.74 Å². The van der Waals surface area contributed by atoms with Crippen molar-refractivity contribution in [3.05, 3.63) is 71.9 Å². The van der Waals surface area contributed by atoms with Gasteiger partial charge in [0.1, 0.15) is 11.4 Å². The van der Waals surface area contributed by atoms with Gasteiger partial charge in [0.05, 0.1) is 5.52 Å². The quantitative estimate of drug-likeness (QED) is 0.515. The van der Waals surface area contributed by atoms with Crippen LogP contribution in [0.25, 0.3) is 10.9 Å². The van der Waals surface area contributed by atoms with E-state index < -0.39 is 0 Å². The molecule has 2 aliphatic heterocycles. The molecule has 182 valence electrons. The molecule has 0 saturated carbocycles. The molecular formula is C29H33N3O3. The predicted molar refractivity (Wildman–Crippen MR) is 136 cm³/mol. The largest absolute Gasteiger partial charge is 0.483 e. The zero-order chi connectivity index (χ0) is 24.3. The van der Waals surface area contributed by atoms with Gasteiger partial charge in [-0.1, -0.05) is 48.9 Å². The number of piperidine rings is 1. The van der Waals surface area contributed by atoms with Crippen LogP contribution in [0.5, 0.6) is 5.75 Å². The first-order valence-corrected chi connectivity index (χ1v) is 12.6. The highest BCUT2D eigenvalue weighted by atomic mass is 16.5. The molecule has 1 saturated heterocycles. The monoisotopic (exact) mass is 471 g/mol. The van der Waals surface area contributed by atoms with Gasteiger partial charge >= 0.3 is 0 Å². The smallest absolute Gasteiger partial charge is 0.272 e. The summed E-state index contributed by atoms with van der Waals surface area (Å²) in [7, 11) is 1.88. The minimum atomic E-state index is -0.00630. The predicted octanol–water partition coefficient (Wildman–Crippen LogP) is 4.72. The van der Waals surface area contributed by atoms with Crippen molar-refractivity contribution < 1.29 is 14.3 Å². The number of aryl methyl sites for hydroxylation is 1. The first kappa shape index (κ1) is 23.3. The van der Waals surface area contributed by atoms with E-state index in [2.05, 4.69) is 11.1 Å². The molecule has 2 aromatic carbocycles. The molecule has 0 atom stereocenters. The third-order valence-corrected chi connectivity index (χ3v) is 7.65. The Hall–Kier alpha value is -3.41. The van der Waals surface area contributed by atoms with Crippen molar-refractivity contribution in [2.24, 2.45) is 5.41 Å². The zero-order valence-electron chi connectivity index (χ0n) is 20.4. The fourth-order valence-electron chi connectivity index (χ4n) is 5.53. The van der Waals surface area contributed by atoms with Crippen LogP contribution in [0, 0.1) is 5.41 Å². The lowest BCUT2D eigenvalue weighted by Gasteiger charge is -2.44. The Kier molecular flexibility index (Phi) is 6.71. The maximum atomic E-state index is 13.2. The molecule has 0 unspecified atom stereocenters. The SMILES string of the molecule is CN1CC2(CCCCc3ccccc3OCC1=O)CCN(C(=O)c1ccc3ccccc3n1)CC2. The van der Waals surface area contributed by atoms with E-state index in [1.807, 2.05) is 71.4 Å². The van der Waals surface area contributed by atoms with Gasteiger partial charge in [0, 0.05) is 32.1 Å². The van der Waals surface area contributed by atoms with E-state index in [9.17, 15) is 9.59 Å². The van der Waals surface area contributed by atoms with Crippen LogP contribution in [0.4, 0.5) is 0 Å². The van der Waals surface area contributed by atoms with Crippen molar-refractivity contribution in [3.63, 3.8) is 0 Å². The molecule has 1 aromatic heterocycles. The lowest BCUT2D eigenvalue weighted by Crippen LogP contribution is -2.49. The highest BCUT2D eigenvalue weighted by Crippen LogP contribution is 2.38. The summed E-state index contributed by atoms with van der Waals surface area (Å²) in [5.41, 5.74) is 2.54. The van der Waals surface area contributed by atoms with Crippen molar-refractivity contribution in [1.82, 2.24) is 14.8 Å². The molecule has 35 heavy (non-hydrogen) atoms. The maximum absolute atomic E-state index is 13.2. The molecule has 6 heteroatoms. The van der Waals surface area contributed by atoms with Crippen LogP contribution in [0.1, 0.15) is 48.2 Å². The van der Waals surface area contributed by atoms with E-state index >= 15 is 0 Å². The number of amides is 2. The highest BCUT2D eigenvalue weighted by Gasteiger charge is 2.38. The summed E-state index contributed by atoms with van der Waals surface area (Å²) in [5.74, 6) is 0.811. The number of pyridine rings is 1. The van der Waals surface area contributed by atoms with Gasteiger partial charge in [0.25, 0.3) is 11.8 Å². The lowest BCUT2D eigenvalue weighted by molar-refractivity contribution is -0.134. The van der Waals surface area contributed by atoms with Crippen LogP contribution in [0.15, 0.2) is 60.7 Å². The van der Waals surface area contributed by atoms with E-state index in [1.165, 1.54) is 5.56 Å². The van der Waals surface area contributed by atoms with Gasteiger partial charge in [-0.2, -0.15) is 0 Å². The number of likely N-dealkylation sites (tertiary alicyclic amines) is 1. The molecular weight excluding hydrogens is 438 g/mol. The van der Waals surface area contributed by atoms with Crippen LogP contribution in [0.2, 0.25) is 0 Å². The fourth-order valence-corrected chi connectivity index (χ4v) is 5.53. The summed E-state index contributed by atoms with van der Waals surface area (Å²) in [6.45, 7) is 2.14. The van der Waals surface area contributed by atoms with Gasteiger partial charge in [0.15, 0.2) is 6.61 Å². The Bertz CT molecular complexity index is 1220. The lowest BCUT2D eigenvalue weighted by atomic mass is 9.73. The first-order valence-electron chi connectivity index (χ1n) is 12.6. The number of rotatable bonds is 1. The van der Waals surface area contributed by atoms with Gasteiger partial charge in [-0.3, -0.25) is 9.59 Å². The molecule has 6 nitrogen and oxygen atoms in total. The van der Waals surface area contributed by atoms with Crippen molar-refractivity contribution in [3.8, 4) is 5.75 Å². The standard InChI is InChI=1S/C29H33N3O3/c1-31-21-29(15-7-6-10-23-9-3-5-12-26(23)35-20-27(31)33)16-18-32(19-17-29)28(34)25-14-13-22-8-2-4-11-24(22)30-25/h2-5,8-9,11-14H,6-7,10,15-21H2,1H3. The molecule has 3 heterocycles. The molecule has 1 fully saturated rings. The van der Waals surface area contributed by atoms with Crippen molar-refractivity contribution >= 4 is 22.7 Å². The van der Waals surface area contributed by atoms with Crippen LogP contribution >= 0.6 is 0 Å². The molecule has 2 amide bonds. The first-order chi connectivity index (χ1) is 17.0. The van der Waals surface area contributed by atoms with Crippen molar-refractivity contribution in [1.29, 1.82) is 0 Å². The van der Waals surface area contributed by atoms with Crippen molar-refractivity contribution in [2.75, 3.05) is 33.3 Å². The number of benzene rings is 2. The molecule has 5 rings (SSSR count). The number of hydrogen-bond acceptors (Lipinski definition) is 4. The number of fused-ring (bicyclic) bond motifs is 2. The molecule has 0 bridgehead atoms. The Morgan fingerprint density at radius 1 is 0.943 bits per heavy atom. The van der Waals surface area contributed by atoms with Crippen LogP contribution in [-0.4, -0.2) is 59.9 Å². The second-order valence-corrected chi connectivity index (χ2v) is 10.0. The number of likely N-dealkylation sites (N-methyl/N-ethyl adjacent to an activating group) is 1. The zero-order valence-corrected chi connectivity index (χ0v) is 20.4. The van der Waals surface area contributed by atoms with Crippen molar-refractivity contribution in [2.45, 2.75) is 38.5 Å². The highest BCUT2D eigenvalue weighted by molar-refractivity contribution is 5.95. The normalized spacial score (nSPS) is 18.9. The van der Waals surface area contributed by atoms with E-state index in [0.29, 0.717) is 25.3 Å². The second-order valence-electron chi connectivity index (χ2n) is 10.0. The van der Waals surface area contributed by atoms with Gasteiger partial charge in [0.2, 0.25) is 0 Å². The average molecular weight is 472 g/mol. The van der Waals surface area contributed by atoms with Crippen LogP contribution in [-0.2, 0) is 11.2 Å². The Labute approximate surface area is 206 Å². The number of ether oxygens (including phenoxy) is 1. The Morgan fingerprint density at radius 3 is 2.57 bits per heavy atom. The van der Waals surface area contributed by atoms with Gasteiger partial charge < -0.3 is 14.5 Å². The Morgan fingerprint density at radius 2 is 1.71 bits per heavy atom. The van der Waals surface area contributed by atoms with Gasteiger partial charge in [-0.15, -0.1) is 0 Å². The van der Waals surface area contributed by atoms with E-state index in [1.54, 1.807) is 0 Å². The van der Waals surface area contributed by atoms with Gasteiger partial charge in [-0.05, 0) is 61.3 Å². The Balaban J connectivity index is 1.27. The summed E-state index contributed by atoms with van der Waals surface area (Å²) >= 11 is 0.